The average molecular weight is 345 g/mol. The molecule has 1 atom stereocenters. The van der Waals surface area contributed by atoms with Crippen LogP contribution in [0.3, 0.4) is 0 Å². The van der Waals surface area contributed by atoms with Crippen LogP contribution in [0.1, 0.15) is 51.0 Å². The van der Waals surface area contributed by atoms with Crippen LogP contribution in [-0.4, -0.2) is 41.1 Å². The number of guanidine groups is 1. The van der Waals surface area contributed by atoms with Crippen molar-refractivity contribution < 1.29 is 14.6 Å². The lowest BCUT2D eigenvalue weighted by molar-refractivity contribution is -0.121. The molecule has 0 bridgehead atoms. The molecule has 0 spiro atoms. The fraction of sp³-hybridized carbons (Fsp3) is 0.579. The molecule has 1 aromatic rings. The molecule has 0 aromatic heterocycles. The van der Waals surface area contributed by atoms with Crippen LogP contribution in [0.15, 0.2) is 23.2 Å². The quantitative estimate of drug-likeness (QED) is 0.675. The van der Waals surface area contributed by atoms with Crippen molar-refractivity contribution in [2.75, 3.05) is 13.2 Å². The summed E-state index contributed by atoms with van der Waals surface area (Å²) >= 11 is 0. The van der Waals surface area contributed by atoms with E-state index in [-0.39, 0.29) is 18.6 Å². The summed E-state index contributed by atoms with van der Waals surface area (Å²) in [6, 6.07) is 5.81. The summed E-state index contributed by atoms with van der Waals surface area (Å²) < 4.78 is 5.87. The Morgan fingerprint density at radius 2 is 2.08 bits per heavy atom. The molecule has 136 valence electrons. The number of carbonyl (C=O) groups is 1. The summed E-state index contributed by atoms with van der Waals surface area (Å²) in [5.41, 5.74) is 2.00. The van der Waals surface area contributed by atoms with E-state index < -0.39 is 0 Å². The summed E-state index contributed by atoms with van der Waals surface area (Å²) in [4.78, 5) is 18.6. The lowest BCUT2D eigenvalue weighted by atomic mass is 10.1. The standard InChI is InChI=1S/C19H27N3O3/c1-2-17-18(24)21-19-20-16-9-8-15(12-14(16)13-22(17)19)25-11-7-5-3-4-6-10-23/h8-9,12,17,23H,2-7,10-11,13H2,1H3,(H,20,21,24). The molecule has 1 aromatic carbocycles. The van der Waals surface area contributed by atoms with E-state index >= 15 is 0 Å². The number of amides is 1. The van der Waals surface area contributed by atoms with E-state index in [0.29, 0.717) is 19.1 Å². The van der Waals surface area contributed by atoms with E-state index in [2.05, 4.69) is 10.3 Å². The first-order chi connectivity index (χ1) is 12.2. The molecule has 1 saturated heterocycles. The third-order valence-corrected chi connectivity index (χ3v) is 4.76. The number of benzene rings is 1. The normalized spacial score (nSPS) is 18.5. The lowest BCUT2D eigenvalue weighted by Gasteiger charge is -2.27. The molecule has 6 nitrogen and oxygen atoms in total. The van der Waals surface area contributed by atoms with Crippen molar-refractivity contribution in [2.45, 2.75) is 58.0 Å². The van der Waals surface area contributed by atoms with Crippen LogP contribution in [0, 0.1) is 0 Å². The number of fused-ring (bicyclic) bond motifs is 2. The Balaban J connectivity index is 1.54. The largest absolute Gasteiger partial charge is 0.494 e. The molecule has 0 aliphatic carbocycles. The molecular weight excluding hydrogens is 318 g/mol. The minimum absolute atomic E-state index is 0.0340. The maximum atomic E-state index is 12.0. The van der Waals surface area contributed by atoms with Gasteiger partial charge in [-0.05, 0) is 37.5 Å². The Kier molecular flexibility index (Phi) is 5.91. The van der Waals surface area contributed by atoms with Gasteiger partial charge in [-0.15, -0.1) is 0 Å². The van der Waals surface area contributed by atoms with Crippen molar-refractivity contribution in [1.82, 2.24) is 10.2 Å². The van der Waals surface area contributed by atoms with Crippen LogP contribution in [0.25, 0.3) is 0 Å². The number of hydrogen-bond donors (Lipinski definition) is 2. The molecule has 0 saturated carbocycles. The number of aliphatic hydroxyl groups is 1. The van der Waals surface area contributed by atoms with E-state index in [1.54, 1.807) is 0 Å². The van der Waals surface area contributed by atoms with E-state index in [9.17, 15) is 4.79 Å². The second kappa shape index (κ2) is 8.34. The van der Waals surface area contributed by atoms with Gasteiger partial charge in [-0.3, -0.25) is 10.1 Å². The molecule has 25 heavy (non-hydrogen) atoms. The van der Waals surface area contributed by atoms with Crippen LogP contribution in [0.4, 0.5) is 5.69 Å². The highest BCUT2D eigenvalue weighted by molar-refractivity contribution is 6.07. The highest BCUT2D eigenvalue weighted by Gasteiger charge is 2.37. The number of unbranched alkanes of at least 4 members (excludes halogenated alkanes) is 4. The third-order valence-electron chi connectivity index (χ3n) is 4.76. The Hall–Kier alpha value is -2.08. The summed E-state index contributed by atoms with van der Waals surface area (Å²) in [5, 5.41) is 11.6. The molecule has 2 heterocycles. The van der Waals surface area contributed by atoms with Gasteiger partial charge in [-0.2, -0.15) is 0 Å². The van der Waals surface area contributed by atoms with Gasteiger partial charge in [0.1, 0.15) is 11.8 Å². The molecule has 0 radical (unpaired) electrons. The van der Waals surface area contributed by atoms with Gasteiger partial charge in [0.2, 0.25) is 11.9 Å². The van der Waals surface area contributed by atoms with Gasteiger partial charge < -0.3 is 14.7 Å². The summed E-state index contributed by atoms with van der Waals surface area (Å²) in [5.74, 6) is 1.56. The fourth-order valence-corrected chi connectivity index (χ4v) is 3.36. The molecule has 6 heteroatoms. The summed E-state index contributed by atoms with van der Waals surface area (Å²) in [6.45, 7) is 3.69. The molecular formula is C19H27N3O3. The predicted octanol–water partition coefficient (Wildman–Crippen LogP) is 2.72. The highest BCUT2D eigenvalue weighted by atomic mass is 16.5. The predicted molar refractivity (Wildman–Crippen MR) is 97.0 cm³/mol. The van der Waals surface area contributed by atoms with E-state index in [0.717, 1.165) is 55.5 Å². The molecule has 2 aliphatic heterocycles. The van der Waals surface area contributed by atoms with Crippen molar-refractivity contribution in [2.24, 2.45) is 4.99 Å². The minimum atomic E-state index is -0.129. The number of rotatable bonds is 9. The summed E-state index contributed by atoms with van der Waals surface area (Å²) in [7, 11) is 0. The Labute approximate surface area is 148 Å². The van der Waals surface area contributed by atoms with Crippen LogP contribution in [0.2, 0.25) is 0 Å². The van der Waals surface area contributed by atoms with Gasteiger partial charge in [-0.1, -0.05) is 26.2 Å². The van der Waals surface area contributed by atoms with Crippen molar-refractivity contribution >= 4 is 17.6 Å². The smallest absolute Gasteiger partial charge is 0.249 e. The molecule has 2 N–H and O–H groups in total. The van der Waals surface area contributed by atoms with Crippen LogP contribution in [-0.2, 0) is 11.3 Å². The zero-order valence-electron chi connectivity index (χ0n) is 14.8. The SMILES string of the molecule is CCC1C(=O)NC2=Nc3ccc(OCCCCCCCO)cc3CN21. The highest BCUT2D eigenvalue weighted by Crippen LogP contribution is 2.32. The first-order valence-electron chi connectivity index (χ1n) is 9.25. The van der Waals surface area contributed by atoms with Crippen molar-refractivity contribution in [3.63, 3.8) is 0 Å². The first kappa shape index (κ1) is 17.7. The maximum absolute atomic E-state index is 12.0. The zero-order valence-corrected chi connectivity index (χ0v) is 14.8. The third kappa shape index (κ3) is 4.12. The van der Waals surface area contributed by atoms with Gasteiger partial charge in [0, 0.05) is 18.7 Å². The van der Waals surface area contributed by atoms with Crippen molar-refractivity contribution in [3.8, 4) is 5.75 Å². The van der Waals surface area contributed by atoms with Crippen molar-refractivity contribution in [1.29, 1.82) is 0 Å². The molecule has 1 unspecified atom stereocenters. The van der Waals surface area contributed by atoms with Crippen LogP contribution >= 0.6 is 0 Å². The number of aliphatic hydroxyl groups excluding tert-OH is 1. The molecule has 1 amide bonds. The zero-order chi connectivity index (χ0) is 17.6. The second-order valence-corrected chi connectivity index (χ2v) is 6.61. The number of nitrogens with zero attached hydrogens (tertiary/aromatic N) is 2. The Morgan fingerprint density at radius 1 is 1.28 bits per heavy atom. The van der Waals surface area contributed by atoms with Crippen LogP contribution in [0.5, 0.6) is 5.75 Å². The van der Waals surface area contributed by atoms with E-state index in [1.165, 1.54) is 0 Å². The van der Waals surface area contributed by atoms with Gasteiger partial charge >= 0.3 is 0 Å². The maximum Gasteiger partial charge on any atom is 0.249 e. The van der Waals surface area contributed by atoms with E-state index in [1.807, 2.05) is 30.0 Å². The van der Waals surface area contributed by atoms with Gasteiger partial charge in [0.05, 0.1) is 12.3 Å². The monoisotopic (exact) mass is 345 g/mol. The fourth-order valence-electron chi connectivity index (χ4n) is 3.36. The molecule has 2 aliphatic rings. The average Bonchev–Trinajstić information content (AvgIpc) is 2.92. The molecule has 3 rings (SSSR count). The minimum Gasteiger partial charge on any atom is -0.494 e. The number of ether oxygens (including phenoxy) is 1. The van der Waals surface area contributed by atoms with Crippen LogP contribution < -0.4 is 10.1 Å². The van der Waals surface area contributed by atoms with Gasteiger partial charge in [0.15, 0.2) is 0 Å². The van der Waals surface area contributed by atoms with Gasteiger partial charge in [-0.25, -0.2) is 4.99 Å². The number of hydrogen-bond acceptors (Lipinski definition) is 5. The second-order valence-electron chi connectivity index (χ2n) is 6.61. The van der Waals surface area contributed by atoms with E-state index in [4.69, 9.17) is 9.84 Å². The lowest BCUT2D eigenvalue weighted by Crippen LogP contribution is -2.36. The van der Waals surface area contributed by atoms with Gasteiger partial charge in [0.25, 0.3) is 0 Å². The summed E-state index contributed by atoms with van der Waals surface area (Å²) in [6.07, 6.45) is 6.02. The van der Waals surface area contributed by atoms with Crippen molar-refractivity contribution in [3.05, 3.63) is 23.8 Å². The first-order valence-corrected chi connectivity index (χ1v) is 9.25. The molecule has 1 fully saturated rings. The number of aliphatic imine (C=N–C) groups is 1. The topological polar surface area (TPSA) is 74.2 Å². The number of carbonyl (C=O) groups excluding carboxylic acids is 1. The Bertz CT molecular complexity index is 645. The Morgan fingerprint density at radius 3 is 2.88 bits per heavy atom. The number of nitrogens with one attached hydrogen (secondary N) is 1.